The Morgan fingerprint density at radius 1 is 1.03 bits per heavy atom. The van der Waals surface area contributed by atoms with Gasteiger partial charge in [0.25, 0.3) is 0 Å². The third-order valence-electron chi connectivity index (χ3n) is 7.14. The van der Waals surface area contributed by atoms with Crippen molar-refractivity contribution in [1.82, 2.24) is 10.2 Å². The molecule has 0 radical (unpaired) electrons. The Labute approximate surface area is 192 Å². The number of benzene rings is 2. The van der Waals surface area contributed by atoms with Crippen LogP contribution in [0.25, 0.3) is 11.1 Å². The first-order valence-corrected chi connectivity index (χ1v) is 11.5. The van der Waals surface area contributed by atoms with Gasteiger partial charge in [0, 0.05) is 61.6 Å². The summed E-state index contributed by atoms with van der Waals surface area (Å²) in [4.78, 5) is 5.04. The van der Waals surface area contributed by atoms with Crippen LogP contribution in [0.5, 0.6) is 0 Å². The van der Waals surface area contributed by atoms with Gasteiger partial charge in [-0.05, 0) is 60.4 Å². The number of nitriles is 1. The van der Waals surface area contributed by atoms with Crippen molar-refractivity contribution in [2.45, 2.75) is 39.2 Å². The lowest BCUT2D eigenvalue weighted by atomic mass is 9.69. The molecule has 4 rings (SSSR count). The first-order chi connectivity index (χ1) is 15.3. The molecule has 0 unspecified atom stereocenters. The van der Waals surface area contributed by atoms with Crippen molar-refractivity contribution < 1.29 is 0 Å². The number of piperazine rings is 1. The number of anilines is 1. The molecule has 1 heterocycles. The van der Waals surface area contributed by atoms with Crippen molar-refractivity contribution in [2.24, 2.45) is 0 Å². The van der Waals surface area contributed by atoms with Gasteiger partial charge in [0.1, 0.15) is 0 Å². The maximum atomic E-state index is 9.20. The monoisotopic (exact) mass is 426 g/mol. The first kappa shape index (κ1) is 22.2. The Morgan fingerprint density at radius 2 is 1.69 bits per heavy atom. The molecule has 0 amide bonds. The van der Waals surface area contributed by atoms with Crippen LogP contribution in [0.1, 0.15) is 49.9 Å². The fraction of sp³-hybridized carbons (Fsp3) is 0.393. The normalized spacial score (nSPS) is 18.5. The van der Waals surface area contributed by atoms with E-state index in [4.69, 9.17) is 0 Å². The van der Waals surface area contributed by atoms with Gasteiger partial charge in [0.2, 0.25) is 0 Å². The van der Waals surface area contributed by atoms with E-state index < -0.39 is 0 Å². The van der Waals surface area contributed by atoms with E-state index in [1.807, 2.05) is 31.3 Å². The fourth-order valence-electron chi connectivity index (χ4n) is 5.22. The minimum absolute atomic E-state index is 0.177. The van der Waals surface area contributed by atoms with E-state index in [1.165, 1.54) is 16.8 Å². The highest BCUT2D eigenvalue weighted by molar-refractivity contribution is 6.08. The SMILES string of the molecule is C=C1C(c2ccc(C#N)cc2)=C(NC)C(C)(C)c2ccc(N3CCN(C(C)C)CC3)cc21. The molecule has 0 atom stereocenters. The van der Waals surface area contributed by atoms with Gasteiger partial charge in [0.05, 0.1) is 11.6 Å². The van der Waals surface area contributed by atoms with Crippen LogP contribution in [0.15, 0.2) is 54.7 Å². The van der Waals surface area contributed by atoms with Crippen LogP contribution in [0.2, 0.25) is 0 Å². The largest absolute Gasteiger partial charge is 0.390 e. The van der Waals surface area contributed by atoms with Crippen molar-refractivity contribution in [1.29, 1.82) is 5.26 Å². The summed E-state index contributed by atoms with van der Waals surface area (Å²) < 4.78 is 0. The van der Waals surface area contributed by atoms with E-state index in [9.17, 15) is 5.26 Å². The highest BCUT2D eigenvalue weighted by Gasteiger charge is 2.37. The molecule has 0 saturated carbocycles. The van der Waals surface area contributed by atoms with Crippen LogP contribution in [0.4, 0.5) is 5.69 Å². The summed E-state index contributed by atoms with van der Waals surface area (Å²) in [5, 5.41) is 12.7. The van der Waals surface area contributed by atoms with Gasteiger partial charge in [-0.3, -0.25) is 4.90 Å². The zero-order chi connectivity index (χ0) is 23.0. The lowest BCUT2D eigenvalue weighted by Gasteiger charge is -2.41. The Bertz CT molecular complexity index is 1090. The molecule has 1 aliphatic carbocycles. The maximum Gasteiger partial charge on any atom is 0.0991 e. The first-order valence-electron chi connectivity index (χ1n) is 11.5. The zero-order valence-electron chi connectivity index (χ0n) is 20.0. The van der Waals surface area contributed by atoms with E-state index in [0.717, 1.165) is 48.6 Å². The second kappa shape index (κ2) is 8.48. The van der Waals surface area contributed by atoms with Gasteiger partial charge in [-0.2, -0.15) is 5.26 Å². The van der Waals surface area contributed by atoms with Crippen LogP contribution in [0.3, 0.4) is 0 Å². The van der Waals surface area contributed by atoms with Gasteiger partial charge in [0.15, 0.2) is 0 Å². The van der Waals surface area contributed by atoms with Crippen molar-refractivity contribution in [3.05, 3.63) is 77.0 Å². The van der Waals surface area contributed by atoms with Crippen LogP contribution in [0, 0.1) is 11.3 Å². The molecule has 0 spiro atoms. The summed E-state index contributed by atoms with van der Waals surface area (Å²) in [7, 11) is 1.99. The predicted octanol–water partition coefficient (Wildman–Crippen LogP) is 5.02. The summed E-state index contributed by atoms with van der Waals surface area (Å²) >= 11 is 0. The minimum Gasteiger partial charge on any atom is -0.390 e. The van der Waals surface area contributed by atoms with Crippen molar-refractivity contribution in [2.75, 3.05) is 38.1 Å². The maximum absolute atomic E-state index is 9.20. The molecular weight excluding hydrogens is 392 g/mol. The van der Waals surface area contributed by atoms with Crippen molar-refractivity contribution >= 4 is 16.8 Å². The average Bonchev–Trinajstić information content (AvgIpc) is 2.81. The number of hydrogen-bond acceptors (Lipinski definition) is 4. The summed E-state index contributed by atoms with van der Waals surface area (Å²) in [6.45, 7) is 17.9. The number of allylic oxidation sites excluding steroid dienone is 3. The van der Waals surface area contributed by atoms with Gasteiger partial charge in [-0.25, -0.2) is 0 Å². The van der Waals surface area contributed by atoms with E-state index >= 15 is 0 Å². The zero-order valence-corrected chi connectivity index (χ0v) is 20.0. The lowest BCUT2D eigenvalue weighted by molar-refractivity contribution is 0.209. The average molecular weight is 427 g/mol. The minimum atomic E-state index is -0.177. The summed E-state index contributed by atoms with van der Waals surface area (Å²) in [6, 6.07) is 17.6. The van der Waals surface area contributed by atoms with Crippen molar-refractivity contribution in [3.63, 3.8) is 0 Å². The van der Waals surface area contributed by atoms with Crippen LogP contribution >= 0.6 is 0 Å². The van der Waals surface area contributed by atoms with Crippen LogP contribution < -0.4 is 10.2 Å². The third-order valence-corrected chi connectivity index (χ3v) is 7.14. The lowest BCUT2D eigenvalue weighted by Crippen LogP contribution is -2.49. The molecule has 2 aromatic carbocycles. The van der Waals surface area contributed by atoms with Crippen LogP contribution in [-0.4, -0.2) is 44.2 Å². The molecule has 0 bridgehead atoms. The molecule has 4 heteroatoms. The smallest absolute Gasteiger partial charge is 0.0991 e. The molecule has 4 nitrogen and oxygen atoms in total. The van der Waals surface area contributed by atoms with Gasteiger partial charge in [-0.1, -0.05) is 38.6 Å². The topological polar surface area (TPSA) is 42.3 Å². The second-order valence-electron chi connectivity index (χ2n) is 9.64. The quantitative estimate of drug-likeness (QED) is 0.745. The summed E-state index contributed by atoms with van der Waals surface area (Å²) in [5.74, 6) is 0. The Morgan fingerprint density at radius 3 is 2.25 bits per heavy atom. The number of hydrogen-bond donors (Lipinski definition) is 1. The summed E-state index contributed by atoms with van der Waals surface area (Å²) in [6.07, 6.45) is 0. The molecule has 166 valence electrons. The van der Waals surface area contributed by atoms with E-state index in [-0.39, 0.29) is 5.41 Å². The Kier molecular flexibility index (Phi) is 5.88. The van der Waals surface area contributed by atoms with Gasteiger partial charge < -0.3 is 10.2 Å². The second-order valence-corrected chi connectivity index (χ2v) is 9.64. The Hall–Kier alpha value is -3.03. The number of nitrogens with zero attached hydrogens (tertiary/aromatic N) is 3. The van der Waals surface area contributed by atoms with Gasteiger partial charge >= 0.3 is 0 Å². The number of likely N-dealkylation sites (N-methyl/N-ethyl adjacent to an activating group) is 1. The van der Waals surface area contributed by atoms with E-state index in [0.29, 0.717) is 11.6 Å². The molecule has 0 aromatic heterocycles. The van der Waals surface area contributed by atoms with Crippen LogP contribution in [-0.2, 0) is 5.41 Å². The molecule has 2 aliphatic rings. The van der Waals surface area contributed by atoms with E-state index in [1.54, 1.807) is 0 Å². The highest BCUT2D eigenvalue weighted by atomic mass is 15.3. The third kappa shape index (κ3) is 3.72. The predicted molar refractivity (Wildman–Crippen MR) is 135 cm³/mol. The molecule has 2 aromatic rings. The number of fused-ring (bicyclic) bond motifs is 1. The Balaban J connectivity index is 1.74. The standard InChI is InChI=1S/C28H34N4/c1-19(2)31-13-15-32(16-14-31)23-11-12-25-24(17-23)20(3)26(27(30-6)28(25,4)5)22-9-7-21(18-29)8-10-22/h7-12,17,19,30H,3,13-16H2,1-2,4-6H3. The molecule has 32 heavy (non-hydrogen) atoms. The van der Waals surface area contributed by atoms with Gasteiger partial charge in [-0.15, -0.1) is 0 Å². The number of nitrogens with one attached hydrogen (secondary N) is 1. The highest BCUT2D eigenvalue weighted by Crippen LogP contribution is 2.48. The molecular formula is C28H34N4. The molecule has 1 fully saturated rings. The van der Waals surface area contributed by atoms with E-state index in [2.05, 4.69) is 73.7 Å². The molecule has 1 aliphatic heterocycles. The fourth-order valence-corrected chi connectivity index (χ4v) is 5.22. The number of rotatable bonds is 4. The molecule has 1 N–H and O–H groups in total. The molecule has 1 saturated heterocycles. The van der Waals surface area contributed by atoms with Crippen molar-refractivity contribution in [3.8, 4) is 6.07 Å². The summed E-state index contributed by atoms with van der Waals surface area (Å²) in [5.41, 5.74) is 8.72.